The Kier molecular flexibility index (Phi) is 7.86. The quantitative estimate of drug-likeness (QED) is 0.741. The molecule has 0 saturated carbocycles. The summed E-state index contributed by atoms with van der Waals surface area (Å²) in [4.78, 5) is 17.0. The fourth-order valence-electron chi connectivity index (χ4n) is 2.91. The van der Waals surface area contributed by atoms with Crippen LogP contribution in [0.2, 0.25) is 5.02 Å². The number of halogens is 1. The minimum Gasteiger partial charge on any atom is -0.352 e. The lowest BCUT2D eigenvalue weighted by atomic mass is 10.2. The van der Waals surface area contributed by atoms with E-state index in [2.05, 4.69) is 22.0 Å². The SMILES string of the molecule is CCN1CCN(CCCCCNC(=O)c2ccccc2Cl)CC1. The molecule has 1 aromatic rings. The van der Waals surface area contributed by atoms with E-state index in [4.69, 9.17) is 11.6 Å². The van der Waals surface area contributed by atoms with Crippen LogP contribution in [0.4, 0.5) is 0 Å². The number of carbonyl (C=O) groups excluding carboxylic acids is 1. The number of likely N-dealkylation sites (N-methyl/N-ethyl adjacent to an activating group) is 1. The Hall–Kier alpha value is -1.10. The van der Waals surface area contributed by atoms with E-state index in [-0.39, 0.29) is 5.91 Å². The molecule has 1 aliphatic heterocycles. The molecule has 1 amide bonds. The molecule has 1 fully saturated rings. The zero-order valence-corrected chi connectivity index (χ0v) is 14.8. The molecule has 4 nitrogen and oxygen atoms in total. The van der Waals surface area contributed by atoms with Crippen LogP contribution in [0.15, 0.2) is 24.3 Å². The van der Waals surface area contributed by atoms with Gasteiger partial charge in [0.05, 0.1) is 10.6 Å². The predicted molar refractivity (Wildman–Crippen MR) is 96.2 cm³/mol. The second kappa shape index (κ2) is 9.91. The number of piperazine rings is 1. The van der Waals surface area contributed by atoms with Crippen LogP contribution in [0.25, 0.3) is 0 Å². The minimum atomic E-state index is -0.0775. The first-order valence-electron chi connectivity index (χ1n) is 8.68. The fraction of sp³-hybridized carbons (Fsp3) is 0.611. The maximum absolute atomic E-state index is 12.0. The summed E-state index contributed by atoms with van der Waals surface area (Å²) >= 11 is 6.02. The molecular weight excluding hydrogens is 310 g/mol. The second-order valence-electron chi connectivity index (χ2n) is 6.07. The fourth-order valence-corrected chi connectivity index (χ4v) is 3.13. The normalized spacial score (nSPS) is 16.4. The lowest BCUT2D eigenvalue weighted by Gasteiger charge is -2.33. The molecule has 0 aromatic heterocycles. The number of nitrogens with one attached hydrogen (secondary N) is 1. The van der Waals surface area contributed by atoms with Gasteiger partial charge in [-0.1, -0.05) is 37.1 Å². The van der Waals surface area contributed by atoms with Gasteiger partial charge in [0.2, 0.25) is 0 Å². The van der Waals surface area contributed by atoms with Crippen LogP contribution >= 0.6 is 11.6 Å². The first kappa shape index (κ1) is 18.2. The molecule has 0 aliphatic carbocycles. The van der Waals surface area contributed by atoms with E-state index in [0.29, 0.717) is 17.1 Å². The maximum Gasteiger partial charge on any atom is 0.252 e. The molecule has 0 bridgehead atoms. The highest BCUT2D eigenvalue weighted by molar-refractivity contribution is 6.33. The van der Waals surface area contributed by atoms with Gasteiger partial charge in [-0.05, 0) is 38.1 Å². The van der Waals surface area contributed by atoms with Crippen molar-refractivity contribution in [3.8, 4) is 0 Å². The monoisotopic (exact) mass is 337 g/mol. The number of rotatable bonds is 8. The first-order chi connectivity index (χ1) is 11.2. The standard InChI is InChI=1S/C18H28ClN3O/c1-2-21-12-14-22(15-13-21)11-7-3-6-10-20-18(23)16-8-4-5-9-17(16)19/h4-5,8-9H,2-3,6-7,10-15H2,1H3,(H,20,23). The number of unbranched alkanes of at least 4 members (excludes halogenated alkanes) is 2. The maximum atomic E-state index is 12.0. The van der Waals surface area contributed by atoms with Crippen molar-refractivity contribution < 1.29 is 4.79 Å². The molecule has 1 aliphatic rings. The van der Waals surface area contributed by atoms with Gasteiger partial charge in [-0.25, -0.2) is 0 Å². The minimum absolute atomic E-state index is 0.0775. The van der Waals surface area contributed by atoms with Crippen molar-refractivity contribution in [1.82, 2.24) is 15.1 Å². The van der Waals surface area contributed by atoms with Gasteiger partial charge in [0.1, 0.15) is 0 Å². The van der Waals surface area contributed by atoms with E-state index in [1.54, 1.807) is 12.1 Å². The van der Waals surface area contributed by atoms with Crippen LogP contribution in [0.1, 0.15) is 36.5 Å². The van der Waals surface area contributed by atoms with Gasteiger partial charge in [-0.2, -0.15) is 0 Å². The van der Waals surface area contributed by atoms with Crippen LogP contribution in [0.3, 0.4) is 0 Å². The second-order valence-corrected chi connectivity index (χ2v) is 6.48. The molecule has 0 unspecified atom stereocenters. The number of hydrogen-bond acceptors (Lipinski definition) is 3. The zero-order chi connectivity index (χ0) is 16.5. The molecule has 5 heteroatoms. The van der Waals surface area contributed by atoms with E-state index in [9.17, 15) is 4.79 Å². The summed E-state index contributed by atoms with van der Waals surface area (Å²) in [5.74, 6) is -0.0775. The van der Waals surface area contributed by atoms with E-state index in [0.717, 1.165) is 12.8 Å². The number of amides is 1. The molecule has 2 rings (SSSR count). The molecule has 0 atom stereocenters. The predicted octanol–water partition coefficient (Wildman–Crippen LogP) is 2.88. The highest BCUT2D eigenvalue weighted by atomic mass is 35.5. The van der Waals surface area contributed by atoms with Crippen LogP contribution in [-0.4, -0.2) is 61.5 Å². The van der Waals surface area contributed by atoms with Gasteiger partial charge in [0.25, 0.3) is 5.91 Å². The van der Waals surface area contributed by atoms with Gasteiger partial charge in [-0.15, -0.1) is 0 Å². The van der Waals surface area contributed by atoms with Gasteiger partial charge in [0.15, 0.2) is 0 Å². The average Bonchev–Trinajstić information content (AvgIpc) is 2.58. The Morgan fingerprint density at radius 3 is 2.48 bits per heavy atom. The van der Waals surface area contributed by atoms with E-state index >= 15 is 0 Å². The lowest BCUT2D eigenvalue weighted by Crippen LogP contribution is -2.46. The topological polar surface area (TPSA) is 35.6 Å². The Balaban J connectivity index is 1.53. The summed E-state index contributed by atoms with van der Waals surface area (Å²) in [5, 5.41) is 3.46. The molecule has 1 N–H and O–H groups in total. The zero-order valence-electron chi connectivity index (χ0n) is 14.1. The van der Waals surface area contributed by atoms with Crippen molar-refractivity contribution in [3.05, 3.63) is 34.9 Å². The highest BCUT2D eigenvalue weighted by Crippen LogP contribution is 2.14. The lowest BCUT2D eigenvalue weighted by molar-refractivity contribution is 0.0952. The number of nitrogens with zero attached hydrogens (tertiary/aromatic N) is 2. The van der Waals surface area contributed by atoms with Crippen LogP contribution in [0, 0.1) is 0 Å². The summed E-state index contributed by atoms with van der Waals surface area (Å²) < 4.78 is 0. The van der Waals surface area contributed by atoms with Gasteiger partial charge >= 0.3 is 0 Å². The van der Waals surface area contributed by atoms with E-state index in [1.165, 1.54) is 45.7 Å². The third kappa shape index (κ3) is 6.13. The summed E-state index contributed by atoms with van der Waals surface area (Å²) in [5.41, 5.74) is 0.558. The number of hydrogen-bond donors (Lipinski definition) is 1. The first-order valence-corrected chi connectivity index (χ1v) is 9.06. The Bertz CT molecular complexity index is 487. The van der Waals surface area contributed by atoms with Crippen molar-refractivity contribution in [2.75, 3.05) is 45.8 Å². The van der Waals surface area contributed by atoms with Crippen LogP contribution < -0.4 is 5.32 Å². The molecule has 128 valence electrons. The molecule has 0 spiro atoms. The summed E-state index contributed by atoms with van der Waals surface area (Å²) in [7, 11) is 0. The van der Waals surface area contributed by atoms with E-state index in [1.807, 2.05) is 12.1 Å². The van der Waals surface area contributed by atoms with Gasteiger partial charge in [0, 0.05) is 32.7 Å². The molecule has 0 radical (unpaired) electrons. The Morgan fingerprint density at radius 2 is 1.78 bits per heavy atom. The van der Waals surface area contributed by atoms with Crippen molar-refractivity contribution in [2.24, 2.45) is 0 Å². The van der Waals surface area contributed by atoms with E-state index < -0.39 is 0 Å². The molecule has 1 heterocycles. The largest absolute Gasteiger partial charge is 0.352 e. The average molecular weight is 338 g/mol. The summed E-state index contributed by atoms with van der Waals surface area (Å²) in [6.45, 7) is 10.1. The Morgan fingerprint density at radius 1 is 1.09 bits per heavy atom. The Labute approximate surface area is 144 Å². The molecule has 1 aromatic carbocycles. The van der Waals surface area contributed by atoms with Crippen molar-refractivity contribution in [1.29, 1.82) is 0 Å². The summed E-state index contributed by atoms with van der Waals surface area (Å²) in [6, 6.07) is 7.17. The van der Waals surface area contributed by atoms with Crippen molar-refractivity contribution in [3.63, 3.8) is 0 Å². The number of carbonyl (C=O) groups is 1. The third-order valence-electron chi connectivity index (χ3n) is 4.47. The number of benzene rings is 1. The van der Waals surface area contributed by atoms with Crippen molar-refractivity contribution >= 4 is 17.5 Å². The molecule has 23 heavy (non-hydrogen) atoms. The highest BCUT2D eigenvalue weighted by Gasteiger charge is 2.14. The summed E-state index contributed by atoms with van der Waals surface area (Å²) in [6.07, 6.45) is 3.37. The van der Waals surface area contributed by atoms with Gasteiger partial charge in [-0.3, -0.25) is 4.79 Å². The van der Waals surface area contributed by atoms with Crippen LogP contribution in [0.5, 0.6) is 0 Å². The third-order valence-corrected chi connectivity index (χ3v) is 4.80. The smallest absolute Gasteiger partial charge is 0.252 e. The van der Waals surface area contributed by atoms with Gasteiger partial charge < -0.3 is 15.1 Å². The van der Waals surface area contributed by atoms with Crippen LogP contribution in [-0.2, 0) is 0 Å². The molecule has 1 saturated heterocycles. The molecular formula is C18H28ClN3O. The van der Waals surface area contributed by atoms with Crippen molar-refractivity contribution in [2.45, 2.75) is 26.2 Å².